The van der Waals surface area contributed by atoms with Gasteiger partial charge in [-0.15, -0.1) is 0 Å². The summed E-state index contributed by atoms with van der Waals surface area (Å²) in [5, 5.41) is 2.77. The Labute approximate surface area is 188 Å². The Kier molecular flexibility index (Phi) is 5.87. The van der Waals surface area contributed by atoms with Crippen LogP contribution in [0.5, 0.6) is 5.75 Å². The van der Waals surface area contributed by atoms with E-state index in [4.69, 9.17) is 9.15 Å². The number of nitrogens with one attached hydrogen (secondary N) is 1. The van der Waals surface area contributed by atoms with Crippen molar-refractivity contribution in [2.75, 3.05) is 11.9 Å². The van der Waals surface area contributed by atoms with Crippen LogP contribution in [0.4, 0.5) is 10.1 Å². The summed E-state index contributed by atoms with van der Waals surface area (Å²) in [5.41, 5.74) is 2.73. The second-order valence-electron chi connectivity index (χ2n) is 6.55. The zero-order valence-corrected chi connectivity index (χ0v) is 18.9. The molecule has 0 aliphatic heterocycles. The standard InChI is InChI=1S/C22H15Br2FN2O3/c1-12-8-13(23)9-16(24)21(12)29-11-20(28)26-14-6-7-19-18(10-14)27-22(30-19)15-4-2-3-5-17(15)25/h2-10H,11H2,1H3,(H,26,28). The van der Waals surface area contributed by atoms with Gasteiger partial charge in [0.15, 0.2) is 12.2 Å². The van der Waals surface area contributed by atoms with Crippen LogP contribution in [0.15, 0.2) is 68.0 Å². The average Bonchev–Trinajstić information content (AvgIpc) is 3.10. The van der Waals surface area contributed by atoms with Gasteiger partial charge in [0.05, 0.1) is 10.0 Å². The van der Waals surface area contributed by atoms with Crippen molar-refractivity contribution in [1.82, 2.24) is 4.98 Å². The van der Waals surface area contributed by atoms with Gasteiger partial charge in [-0.3, -0.25) is 4.79 Å². The summed E-state index contributed by atoms with van der Waals surface area (Å²) in [6.07, 6.45) is 0. The smallest absolute Gasteiger partial charge is 0.262 e. The van der Waals surface area contributed by atoms with E-state index in [1.54, 1.807) is 36.4 Å². The molecule has 1 N–H and O–H groups in total. The molecule has 0 aliphatic carbocycles. The number of hydrogen-bond acceptors (Lipinski definition) is 4. The van der Waals surface area contributed by atoms with Crippen molar-refractivity contribution in [3.63, 3.8) is 0 Å². The number of aromatic nitrogens is 1. The number of oxazole rings is 1. The zero-order valence-electron chi connectivity index (χ0n) is 15.7. The normalized spacial score (nSPS) is 10.9. The van der Waals surface area contributed by atoms with Crippen molar-refractivity contribution in [2.24, 2.45) is 0 Å². The number of carbonyl (C=O) groups excluding carboxylic acids is 1. The summed E-state index contributed by atoms with van der Waals surface area (Å²) < 4.78 is 27.0. The number of benzene rings is 3. The predicted molar refractivity (Wildman–Crippen MR) is 120 cm³/mol. The molecule has 1 aromatic heterocycles. The molecule has 0 atom stereocenters. The van der Waals surface area contributed by atoms with Gasteiger partial charge in [-0.2, -0.15) is 0 Å². The number of amides is 1. The SMILES string of the molecule is Cc1cc(Br)cc(Br)c1OCC(=O)Nc1ccc2oc(-c3ccccc3F)nc2c1. The largest absolute Gasteiger partial charge is 0.482 e. The van der Waals surface area contributed by atoms with Gasteiger partial charge in [0.1, 0.15) is 17.1 Å². The van der Waals surface area contributed by atoms with E-state index in [0.29, 0.717) is 22.5 Å². The number of anilines is 1. The van der Waals surface area contributed by atoms with Gasteiger partial charge in [0, 0.05) is 10.2 Å². The molecular weight excluding hydrogens is 519 g/mol. The van der Waals surface area contributed by atoms with E-state index in [1.165, 1.54) is 6.07 Å². The molecule has 30 heavy (non-hydrogen) atoms. The van der Waals surface area contributed by atoms with Crippen molar-refractivity contribution in [2.45, 2.75) is 6.92 Å². The topological polar surface area (TPSA) is 64.4 Å². The predicted octanol–water partition coefficient (Wildman–Crippen LogP) is 6.48. The summed E-state index contributed by atoms with van der Waals surface area (Å²) in [6, 6.07) is 15.1. The fraction of sp³-hybridized carbons (Fsp3) is 0.0909. The van der Waals surface area contributed by atoms with Gasteiger partial charge >= 0.3 is 0 Å². The van der Waals surface area contributed by atoms with Gasteiger partial charge in [-0.25, -0.2) is 9.37 Å². The minimum atomic E-state index is -0.413. The van der Waals surface area contributed by atoms with Gasteiger partial charge in [0.2, 0.25) is 5.89 Å². The van der Waals surface area contributed by atoms with Gasteiger partial charge in [0.25, 0.3) is 5.91 Å². The quantitative estimate of drug-likeness (QED) is 0.318. The second-order valence-corrected chi connectivity index (χ2v) is 8.32. The Balaban J connectivity index is 1.47. The fourth-order valence-corrected chi connectivity index (χ4v) is 4.51. The molecular formula is C22H15Br2FN2O3. The Hall–Kier alpha value is -2.71. The van der Waals surface area contributed by atoms with Crippen LogP contribution in [-0.2, 0) is 4.79 Å². The summed E-state index contributed by atoms with van der Waals surface area (Å²) in [4.78, 5) is 16.7. The number of ether oxygens (including phenoxy) is 1. The number of halogens is 3. The highest BCUT2D eigenvalue weighted by molar-refractivity contribution is 9.11. The van der Waals surface area contributed by atoms with Gasteiger partial charge in [-0.05, 0) is 70.9 Å². The molecule has 8 heteroatoms. The van der Waals surface area contributed by atoms with Gasteiger partial charge in [-0.1, -0.05) is 28.1 Å². The molecule has 0 saturated carbocycles. The first-order valence-electron chi connectivity index (χ1n) is 8.94. The molecule has 152 valence electrons. The molecule has 4 aromatic rings. The molecule has 0 aliphatic rings. The van der Waals surface area contributed by atoms with E-state index in [2.05, 4.69) is 42.2 Å². The monoisotopic (exact) mass is 532 g/mol. The molecule has 0 radical (unpaired) electrons. The highest BCUT2D eigenvalue weighted by Crippen LogP contribution is 2.32. The van der Waals surface area contributed by atoms with Crippen molar-refractivity contribution in [3.05, 3.63) is 74.9 Å². The number of rotatable bonds is 5. The molecule has 0 fully saturated rings. The molecule has 0 unspecified atom stereocenters. The van der Waals surface area contributed by atoms with Crippen LogP contribution in [0.2, 0.25) is 0 Å². The van der Waals surface area contributed by atoms with Crippen molar-refractivity contribution < 1.29 is 18.3 Å². The number of nitrogens with zero attached hydrogens (tertiary/aromatic N) is 1. The van der Waals surface area contributed by atoms with E-state index in [1.807, 2.05) is 19.1 Å². The third-order valence-corrected chi connectivity index (χ3v) is 5.36. The number of hydrogen-bond donors (Lipinski definition) is 1. The van der Waals surface area contributed by atoms with Gasteiger partial charge < -0.3 is 14.5 Å². The Bertz CT molecular complexity index is 1230. The van der Waals surface area contributed by atoms with Crippen LogP contribution in [0.25, 0.3) is 22.6 Å². The highest BCUT2D eigenvalue weighted by Gasteiger charge is 2.14. The third-order valence-electron chi connectivity index (χ3n) is 4.32. The maximum atomic E-state index is 14.0. The molecule has 5 nitrogen and oxygen atoms in total. The van der Waals surface area contributed by atoms with Crippen LogP contribution < -0.4 is 10.1 Å². The molecule has 0 saturated heterocycles. The Morgan fingerprint density at radius 1 is 1.17 bits per heavy atom. The van der Waals surface area contributed by atoms with Crippen LogP contribution in [0, 0.1) is 12.7 Å². The first-order chi connectivity index (χ1) is 14.4. The average molecular weight is 534 g/mol. The maximum Gasteiger partial charge on any atom is 0.262 e. The fourth-order valence-electron chi connectivity index (χ4n) is 2.96. The van der Waals surface area contributed by atoms with Crippen molar-refractivity contribution >= 4 is 54.6 Å². The summed E-state index contributed by atoms with van der Waals surface area (Å²) in [5.74, 6) is 0.0609. The molecule has 1 amide bonds. The highest BCUT2D eigenvalue weighted by atomic mass is 79.9. The first kappa shape index (κ1) is 20.6. The maximum absolute atomic E-state index is 14.0. The van der Waals surface area contributed by atoms with E-state index < -0.39 is 5.82 Å². The lowest BCUT2D eigenvalue weighted by Crippen LogP contribution is -2.20. The lowest BCUT2D eigenvalue weighted by molar-refractivity contribution is -0.118. The number of aryl methyl sites for hydroxylation is 1. The molecule has 0 bridgehead atoms. The summed E-state index contributed by atoms with van der Waals surface area (Å²) in [6.45, 7) is 1.74. The van der Waals surface area contributed by atoms with Crippen molar-refractivity contribution in [3.8, 4) is 17.2 Å². The minimum Gasteiger partial charge on any atom is -0.482 e. The molecule has 4 rings (SSSR count). The van der Waals surface area contributed by atoms with Crippen molar-refractivity contribution in [1.29, 1.82) is 0 Å². The third kappa shape index (κ3) is 4.39. The van der Waals surface area contributed by atoms with Crippen LogP contribution >= 0.6 is 31.9 Å². The first-order valence-corrected chi connectivity index (χ1v) is 10.5. The Morgan fingerprint density at radius 3 is 2.73 bits per heavy atom. The van der Waals surface area contributed by atoms with Crippen LogP contribution in [0.1, 0.15) is 5.56 Å². The molecule has 0 spiro atoms. The second kappa shape index (κ2) is 8.57. The number of fused-ring (bicyclic) bond motifs is 1. The van der Waals surface area contributed by atoms with E-state index in [0.717, 1.165) is 14.5 Å². The van der Waals surface area contributed by atoms with E-state index in [-0.39, 0.29) is 24.0 Å². The van der Waals surface area contributed by atoms with Crippen LogP contribution in [0.3, 0.4) is 0 Å². The molecule has 3 aromatic carbocycles. The zero-order chi connectivity index (χ0) is 21.3. The lowest BCUT2D eigenvalue weighted by atomic mass is 10.2. The Morgan fingerprint density at radius 2 is 1.97 bits per heavy atom. The van der Waals surface area contributed by atoms with E-state index in [9.17, 15) is 9.18 Å². The molecule has 1 heterocycles. The lowest BCUT2D eigenvalue weighted by Gasteiger charge is -2.12. The number of carbonyl (C=O) groups is 1. The minimum absolute atomic E-state index is 0.154. The van der Waals surface area contributed by atoms with E-state index >= 15 is 0 Å². The van der Waals surface area contributed by atoms with Crippen LogP contribution in [-0.4, -0.2) is 17.5 Å². The summed E-state index contributed by atoms with van der Waals surface area (Å²) in [7, 11) is 0. The summed E-state index contributed by atoms with van der Waals surface area (Å²) >= 11 is 6.85.